The van der Waals surface area contributed by atoms with Crippen molar-refractivity contribution in [3.8, 4) is 28.3 Å². The van der Waals surface area contributed by atoms with Crippen molar-refractivity contribution in [3.63, 3.8) is 0 Å². The molecule has 190 valence electrons. The van der Waals surface area contributed by atoms with Gasteiger partial charge in [0, 0.05) is 32.5 Å². The smallest absolute Gasteiger partial charge is 0.147 e. The van der Waals surface area contributed by atoms with Gasteiger partial charge in [0.2, 0.25) is 0 Å². The number of furan rings is 3. The van der Waals surface area contributed by atoms with Crippen molar-refractivity contribution in [3.05, 3.63) is 121 Å². The summed E-state index contributed by atoms with van der Waals surface area (Å²) in [6.07, 6.45) is 0. The number of nitriles is 1. The second-order valence-electron chi connectivity index (χ2n) is 10.4. The van der Waals surface area contributed by atoms with E-state index in [4.69, 9.17) is 13.3 Å². The Balaban J connectivity index is 1.33. The number of benzene rings is 6. The Labute approximate surface area is 233 Å². The molecule has 9 rings (SSSR count). The molecular weight excluding hydrogens is 506 g/mol. The van der Waals surface area contributed by atoms with Gasteiger partial charge in [-0.3, -0.25) is 0 Å². The molecule has 4 heteroatoms. The Morgan fingerprint density at radius 3 is 1.88 bits per heavy atom. The largest absolute Gasteiger partial charge is 0.456 e. The predicted octanol–water partition coefficient (Wildman–Crippen LogP) is 10.6. The molecule has 0 aliphatic carbocycles. The van der Waals surface area contributed by atoms with Crippen molar-refractivity contribution in [2.45, 2.75) is 0 Å². The van der Waals surface area contributed by atoms with Gasteiger partial charge in [0.15, 0.2) is 0 Å². The van der Waals surface area contributed by atoms with E-state index in [0.717, 1.165) is 88.1 Å². The molecule has 0 aliphatic heterocycles. The van der Waals surface area contributed by atoms with Gasteiger partial charge in [-0.1, -0.05) is 60.7 Å². The minimum Gasteiger partial charge on any atom is -0.456 e. The topological polar surface area (TPSA) is 63.2 Å². The van der Waals surface area contributed by atoms with Crippen LogP contribution in [0.4, 0.5) is 0 Å². The van der Waals surface area contributed by atoms with E-state index in [1.54, 1.807) is 0 Å². The van der Waals surface area contributed by atoms with E-state index in [-0.39, 0.29) is 0 Å². The third kappa shape index (κ3) is 3.15. The average molecular weight is 526 g/mol. The summed E-state index contributed by atoms with van der Waals surface area (Å²) in [7, 11) is 0. The predicted molar refractivity (Wildman–Crippen MR) is 164 cm³/mol. The van der Waals surface area contributed by atoms with Gasteiger partial charge in [-0.05, 0) is 71.3 Å². The van der Waals surface area contributed by atoms with Crippen molar-refractivity contribution in [2.24, 2.45) is 0 Å². The third-order valence-electron chi connectivity index (χ3n) is 8.09. The van der Waals surface area contributed by atoms with E-state index in [0.29, 0.717) is 5.56 Å². The second kappa shape index (κ2) is 8.11. The van der Waals surface area contributed by atoms with E-state index in [1.807, 2.05) is 78.9 Å². The summed E-state index contributed by atoms with van der Waals surface area (Å²) in [5, 5.41) is 15.6. The van der Waals surface area contributed by atoms with Crippen molar-refractivity contribution in [1.29, 1.82) is 5.26 Å². The van der Waals surface area contributed by atoms with Crippen LogP contribution in [0.3, 0.4) is 0 Å². The molecule has 0 saturated carbocycles. The maximum absolute atomic E-state index is 9.38. The maximum atomic E-state index is 9.38. The molecule has 0 unspecified atom stereocenters. The highest BCUT2D eigenvalue weighted by Gasteiger charge is 2.21. The Hall–Kier alpha value is -5.79. The fraction of sp³-hybridized carbons (Fsp3) is 0. The molecule has 3 heterocycles. The average Bonchev–Trinajstić information content (AvgIpc) is 3.71. The number of nitrogens with zero attached hydrogens (tertiary/aromatic N) is 1. The minimum absolute atomic E-state index is 0.638. The molecule has 0 fully saturated rings. The van der Waals surface area contributed by atoms with Crippen LogP contribution in [-0.4, -0.2) is 0 Å². The molecule has 0 amide bonds. The molecule has 4 nitrogen and oxygen atoms in total. The van der Waals surface area contributed by atoms with Crippen LogP contribution in [-0.2, 0) is 0 Å². The summed E-state index contributed by atoms with van der Waals surface area (Å²) in [5.74, 6) is 0. The first-order chi connectivity index (χ1) is 20.2. The van der Waals surface area contributed by atoms with E-state index in [2.05, 4.69) is 42.5 Å². The highest BCUT2D eigenvalue weighted by Crippen LogP contribution is 2.45. The molecule has 9 aromatic rings. The molecule has 0 radical (unpaired) electrons. The van der Waals surface area contributed by atoms with Crippen LogP contribution in [0.1, 0.15) is 5.56 Å². The molecule has 0 N–H and O–H groups in total. The first-order valence-electron chi connectivity index (χ1n) is 13.5. The van der Waals surface area contributed by atoms with Crippen LogP contribution in [0.2, 0.25) is 0 Å². The van der Waals surface area contributed by atoms with Gasteiger partial charge in [-0.15, -0.1) is 0 Å². The van der Waals surface area contributed by atoms with Crippen LogP contribution >= 0.6 is 0 Å². The Morgan fingerprint density at radius 2 is 1.07 bits per heavy atom. The van der Waals surface area contributed by atoms with Crippen molar-refractivity contribution < 1.29 is 13.3 Å². The van der Waals surface area contributed by atoms with E-state index in [9.17, 15) is 5.26 Å². The lowest BCUT2D eigenvalue weighted by Crippen LogP contribution is -1.82. The molecule has 3 aromatic heterocycles. The number of para-hydroxylation sites is 2. The molecule has 0 spiro atoms. The molecule has 0 atom stereocenters. The standard InChI is InChI=1S/C37H19NO3/c38-20-21-6-5-7-22(16-21)23-12-14-33-28(17-23)29-18-24(13-15-34(29)39-33)27-19-30-25-8-1-3-10-31(25)40-37(30)35-26-9-2-4-11-32(26)41-36(27)35/h1-19H. The van der Waals surface area contributed by atoms with Crippen molar-refractivity contribution in [1.82, 2.24) is 0 Å². The van der Waals surface area contributed by atoms with Crippen molar-refractivity contribution in [2.75, 3.05) is 0 Å². The first-order valence-corrected chi connectivity index (χ1v) is 13.5. The van der Waals surface area contributed by atoms with Crippen LogP contribution in [0.15, 0.2) is 129 Å². The van der Waals surface area contributed by atoms with E-state index in [1.165, 1.54) is 0 Å². The zero-order valence-electron chi connectivity index (χ0n) is 21.6. The number of rotatable bonds is 2. The normalized spacial score (nSPS) is 11.9. The lowest BCUT2D eigenvalue weighted by atomic mass is 9.97. The summed E-state index contributed by atoms with van der Waals surface area (Å²) >= 11 is 0. The summed E-state index contributed by atoms with van der Waals surface area (Å²) in [4.78, 5) is 0. The SMILES string of the molecule is N#Cc1cccc(-c2ccc3oc4ccc(-c5cc6c7ccccc7oc6c6c5oc5ccccc56)cc4c3c2)c1. The summed E-state index contributed by atoms with van der Waals surface area (Å²) < 4.78 is 19.2. The summed E-state index contributed by atoms with van der Waals surface area (Å²) in [5.41, 5.74) is 9.69. The Bertz CT molecular complexity index is 2550. The van der Waals surface area contributed by atoms with Gasteiger partial charge < -0.3 is 13.3 Å². The Kier molecular flexibility index (Phi) is 4.37. The minimum atomic E-state index is 0.638. The number of hydrogen-bond donors (Lipinski definition) is 0. The lowest BCUT2D eigenvalue weighted by Gasteiger charge is -2.05. The van der Waals surface area contributed by atoms with Crippen LogP contribution in [0.25, 0.3) is 88.1 Å². The molecule has 0 aliphatic rings. The van der Waals surface area contributed by atoms with Crippen LogP contribution in [0, 0.1) is 11.3 Å². The zero-order chi connectivity index (χ0) is 27.1. The van der Waals surface area contributed by atoms with Crippen LogP contribution < -0.4 is 0 Å². The molecule has 0 bridgehead atoms. The molecule has 41 heavy (non-hydrogen) atoms. The van der Waals surface area contributed by atoms with Gasteiger partial charge >= 0.3 is 0 Å². The van der Waals surface area contributed by atoms with Gasteiger partial charge in [0.05, 0.1) is 17.0 Å². The van der Waals surface area contributed by atoms with Gasteiger partial charge in [-0.25, -0.2) is 0 Å². The summed E-state index contributed by atoms with van der Waals surface area (Å²) in [6.45, 7) is 0. The van der Waals surface area contributed by atoms with Gasteiger partial charge in [-0.2, -0.15) is 5.26 Å². The monoisotopic (exact) mass is 525 g/mol. The number of fused-ring (bicyclic) bond motifs is 10. The highest BCUT2D eigenvalue weighted by molar-refractivity contribution is 6.25. The first kappa shape index (κ1) is 22.1. The molecular formula is C37H19NO3. The van der Waals surface area contributed by atoms with E-state index >= 15 is 0 Å². The Morgan fingerprint density at radius 1 is 0.439 bits per heavy atom. The third-order valence-corrected chi connectivity index (χ3v) is 8.09. The molecule has 0 saturated heterocycles. The van der Waals surface area contributed by atoms with Gasteiger partial charge in [0.1, 0.15) is 33.5 Å². The maximum Gasteiger partial charge on any atom is 0.147 e. The fourth-order valence-corrected chi connectivity index (χ4v) is 6.17. The fourth-order valence-electron chi connectivity index (χ4n) is 6.17. The number of hydrogen-bond acceptors (Lipinski definition) is 4. The van der Waals surface area contributed by atoms with E-state index < -0.39 is 0 Å². The quantitative estimate of drug-likeness (QED) is 0.225. The highest BCUT2D eigenvalue weighted by atomic mass is 16.3. The zero-order valence-corrected chi connectivity index (χ0v) is 21.6. The lowest BCUT2D eigenvalue weighted by molar-refractivity contribution is 0.663. The van der Waals surface area contributed by atoms with Crippen LogP contribution in [0.5, 0.6) is 0 Å². The molecule has 6 aromatic carbocycles. The van der Waals surface area contributed by atoms with Crippen molar-refractivity contribution >= 4 is 65.8 Å². The van der Waals surface area contributed by atoms with Gasteiger partial charge in [0.25, 0.3) is 0 Å². The summed E-state index contributed by atoms with van der Waals surface area (Å²) in [6, 6.07) is 40.9. The second-order valence-corrected chi connectivity index (χ2v) is 10.4.